The molecule has 7 heteroatoms. The summed E-state index contributed by atoms with van der Waals surface area (Å²) in [5, 5.41) is 4.66. The van der Waals surface area contributed by atoms with Crippen LogP contribution in [0.25, 0.3) is 123 Å². The van der Waals surface area contributed by atoms with Crippen molar-refractivity contribution in [2.45, 2.75) is 0 Å². The number of benzene rings is 9. The zero-order valence-electron chi connectivity index (χ0n) is 36.6. The molecule has 13 aromatic rings. The van der Waals surface area contributed by atoms with Gasteiger partial charge in [-0.15, -0.1) is 0 Å². The van der Waals surface area contributed by atoms with Gasteiger partial charge in [-0.25, -0.2) is 24.9 Å². The van der Waals surface area contributed by atoms with Crippen LogP contribution in [0.1, 0.15) is 0 Å². The van der Waals surface area contributed by atoms with Crippen LogP contribution in [0.15, 0.2) is 237 Å². The molecule has 0 unspecified atom stereocenters. The minimum absolute atomic E-state index is 0.557. The van der Waals surface area contributed by atoms with Gasteiger partial charge < -0.3 is 9.13 Å². The molecule has 0 saturated heterocycles. The highest BCUT2D eigenvalue weighted by molar-refractivity contribution is 6.26. The largest absolute Gasteiger partial charge is 0.309 e. The molecule has 0 fully saturated rings. The van der Waals surface area contributed by atoms with Crippen molar-refractivity contribution in [3.05, 3.63) is 237 Å². The Balaban J connectivity index is 1.15. The molecule has 4 heterocycles. The summed E-state index contributed by atoms with van der Waals surface area (Å²) in [6.45, 7) is 0. The predicted octanol–water partition coefficient (Wildman–Crippen LogP) is 14.9. The van der Waals surface area contributed by atoms with E-state index in [4.69, 9.17) is 24.9 Å². The second kappa shape index (κ2) is 16.3. The first-order chi connectivity index (χ1) is 33.7. The summed E-state index contributed by atoms with van der Waals surface area (Å²) in [4.78, 5) is 26.1. The van der Waals surface area contributed by atoms with E-state index in [0.29, 0.717) is 23.3 Å². The minimum Gasteiger partial charge on any atom is -0.309 e. The van der Waals surface area contributed by atoms with Gasteiger partial charge in [0.05, 0.1) is 39.1 Å². The van der Waals surface area contributed by atoms with Gasteiger partial charge in [0, 0.05) is 60.6 Å². The van der Waals surface area contributed by atoms with E-state index in [9.17, 15) is 0 Å². The Bertz CT molecular complexity index is 3880. The molecular weight excluding hydrogens is 831 g/mol. The Morgan fingerprint density at radius 1 is 0.279 bits per heavy atom. The standard InChI is InChI=1S/C61H39N7/c1-6-20-40(21-7-1)50-39-51(63-58(62-50)41-22-8-2-9-23-41)49-38-44(61-65-59(42-24-10-3-11-25-42)64-60(66-61)43-26-12-4-13-27-43)34-36-54(49)68-52-32-18-16-30-46(52)47-35-37-55-56(57(47)68)48-31-17-19-33-53(48)67(55)45-28-14-5-15-29-45/h1-39H. The Morgan fingerprint density at radius 3 is 1.35 bits per heavy atom. The molecule has 0 spiro atoms. The zero-order valence-corrected chi connectivity index (χ0v) is 36.6. The van der Waals surface area contributed by atoms with Crippen molar-refractivity contribution >= 4 is 43.6 Å². The third kappa shape index (κ3) is 6.64. The smallest absolute Gasteiger partial charge is 0.164 e. The first kappa shape index (κ1) is 39.1. The SMILES string of the molecule is c1ccc(-c2cc(-c3cc(-c4nc(-c5ccccc5)nc(-c5ccccc5)n4)ccc3-n3c4ccccc4c4ccc5c(c6ccccc6n5-c5ccccc5)c43)nc(-c3ccccc3)n2)cc1. The van der Waals surface area contributed by atoms with Gasteiger partial charge in [-0.05, 0) is 54.6 Å². The zero-order chi connectivity index (χ0) is 45.0. The molecule has 13 rings (SSSR count). The van der Waals surface area contributed by atoms with Crippen LogP contribution >= 0.6 is 0 Å². The minimum atomic E-state index is 0.557. The molecule has 68 heavy (non-hydrogen) atoms. The lowest BCUT2D eigenvalue weighted by atomic mass is 10.0. The first-order valence-corrected chi connectivity index (χ1v) is 22.8. The van der Waals surface area contributed by atoms with Gasteiger partial charge in [-0.1, -0.05) is 182 Å². The molecule has 0 radical (unpaired) electrons. The molecule has 0 saturated carbocycles. The lowest BCUT2D eigenvalue weighted by Gasteiger charge is -2.17. The topological polar surface area (TPSA) is 74.3 Å². The third-order valence-electron chi connectivity index (χ3n) is 12.8. The van der Waals surface area contributed by atoms with Crippen molar-refractivity contribution in [3.63, 3.8) is 0 Å². The molecule has 0 aliphatic heterocycles. The van der Waals surface area contributed by atoms with Crippen LogP contribution < -0.4 is 0 Å². The molecule has 7 nitrogen and oxygen atoms in total. The Morgan fingerprint density at radius 2 is 0.750 bits per heavy atom. The van der Waals surface area contributed by atoms with Crippen molar-refractivity contribution in [1.29, 1.82) is 0 Å². The highest BCUT2D eigenvalue weighted by Crippen LogP contribution is 2.44. The normalized spacial score (nSPS) is 11.5. The Labute approximate surface area is 392 Å². The number of para-hydroxylation sites is 3. The van der Waals surface area contributed by atoms with Crippen LogP contribution in [0.3, 0.4) is 0 Å². The summed E-state index contributed by atoms with van der Waals surface area (Å²) < 4.78 is 4.83. The van der Waals surface area contributed by atoms with Crippen molar-refractivity contribution < 1.29 is 0 Å². The van der Waals surface area contributed by atoms with E-state index in [1.54, 1.807) is 0 Å². The van der Waals surface area contributed by atoms with Crippen LogP contribution in [0.4, 0.5) is 0 Å². The van der Waals surface area contributed by atoms with Gasteiger partial charge in [0.1, 0.15) is 0 Å². The molecular formula is C61H39N7. The lowest BCUT2D eigenvalue weighted by molar-refractivity contribution is 1.07. The van der Waals surface area contributed by atoms with Crippen molar-refractivity contribution in [2.75, 3.05) is 0 Å². The summed E-state index contributed by atoms with van der Waals surface area (Å²) in [5.74, 6) is 2.38. The Kier molecular flexibility index (Phi) is 9.35. The maximum atomic E-state index is 5.47. The summed E-state index contributed by atoms with van der Waals surface area (Å²) >= 11 is 0. The first-order valence-electron chi connectivity index (χ1n) is 22.8. The molecule has 0 N–H and O–H groups in total. The fourth-order valence-corrected chi connectivity index (χ4v) is 9.69. The van der Waals surface area contributed by atoms with Crippen molar-refractivity contribution in [1.82, 2.24) is 34.1 Å². The van der Waals surface area contributed by atoms with Crippen LogP contribution in [0.5, 0.6) is 0 Å². The summed E-state index contributed by atoms with van der Waals surface area (Å²) in [5.41, 5.74) is 13.6. The Hall–Kier alpha value is -9.33. The van der Waals surface area contributed by atoms with E-state index in [-0.39, 0.29) is 0 Å². The predicted molar refractivity (Wildman–Crippen MR) is 277 cm³/mol. The summed E-state index contributed by atoms with van der Waals surface area (Å²) in [6.07, 6.45) is 0. The fraction of sp³-hybridized carbons (Fsp3) is 0. The molecule has 318 valence electrons. The monoisotopic (exact) mass is 869 g/mol. The molecule has 4 aromatic heterocycles. The van der Waals surface area contributed by atoms with E-state index in [0.717, 1.165) is 89.0 Å². The molecule has 0 atom stereocenters. The lowest BCUT2D eigenvalue weighted by Crippen LogP contribution is -2.03. The van der Waals surface area contributed by atoms with Crippen LogP contribution in [0.2, 0.25) is 0 Å². The third-order valence-corrected chi connectivity index (χ3v) is 12.8. The molecule has 0 bridgehead atoms. The van der Waals surface area contributed by atoms with Crippen molar-refractivity contribution in [2.24, 2.45) is 0 Å². The van der Waals surface area contributed by atoms with Gasteiger partial charge in [0.25, 0.3) is 0 Å². The molecule has 0 aliphatic rings. The van der Waals surface area contributed by atoms with Gasteiger partial charge in [-0.2, -0.15) is 0 Å². The van der Waals surface area contributed by atoms with E-state index in [1.807, 2.05) is 84.9 Å². The summed E-state index contributed by atoms with van der Waals surface area (Å²) in [7, 11) is 0. The number of hydrogen-bond donors (Lipinski definition) is 0. The molecule has 0 amide bonds. The van der Waals surface area contributed by atoms with Crippen LogP contribution in [-0.2, 0) is 0 Å². The van der Waals surface area contributed by atoms with Crippen molar-refractivity contribution in [3.8, 4) is 79.4 Å². The second-order valence-electron chi connectivity index (χ2n) is 16.9. The fourth-order valence-electron chi connectivity index (χ4n) is 9.69. The summed E-state index contributed by atoms with van der Waals surface area (Å²) in [6, 6.07) is 82.1. The highest BCUT2D eigenvalue weighted by atomic mass is 15.0. The van der Waals surface area contributed by atoms with Crippen LogP contribution in [0, 0.1) is 0 Å². The van der Waals surface area contributed by atoms with Gasteiger partial charge in [-0.3, -0.25) is 0 Å². The second-order valence-corrected chi connectivity index (χ2v) is 16.9. The maximum Gasteiger partial charge on any atom is 0.164 e. The average Bonchev–Trinajstić information content (AvgIpc) is 3.94. The number of nitrogens with zero attached hydrogens (tertiary/aromatic N) is 7. The van der Waals surface area contributed by atoms with Gasteiger partial charge >= 0.3 is 0 Å². The van der Waals surface area contributed by atoms with E-state index in [1.165, 1.54) is 10.8 Å². The number of fused-ring (bicyclic) bond motifs is 7. The quantitative estimate of drug-likeness (QED) is 0.152. The number of aromatic nitrogens is 7. The number of rotatable bonds is 8. The van der Waals surface area contributed by atoms with Gasteiger partial charge in [0.2, 0.25) is 0 Å². The molecule has 9 aromatic carbocycles. The van der Waals surface area contributed by atoms with E-state index < -0.39 is 0 Å². The highest BCUT2D eigenvalue weighted by Gasteiger charge is 2.24. The van der Waals surface area contributed by atoms with E-state index in [2.05, 4.69) is 161 Å². The average molecular weight is 870 g/mol. The van der Waals surface area contributed by atoms with E-state index >= 15 is 0 Å². The maximum absolute atomic E-state index is 5.47. The van der Waals surface area contributed by atoms with Gasteiger partial charge in [0.15, 0.2) is 23.3 Å². The van der Waals surface area contributed by atoms with Crippen LogP contribution in [-0.4, -0.2) is 34.1 Å². The molecule has 0 aliphatic carbocycles. The number of hydrogen-bond acceptors (Lipinski definition) is 5.